The van der Waals surface area contributed by atoms with Crippen molar-refractivity contribution >= 4 is 29.3 Å². The molecule has 0 unspecified atom stereocenters. The minimum Gasteiger partial charge on any atom is -0.273 e. The van der Waals surface area contributed by atoms with E-state index in [4.69, 9.17) is 11.6 Å². The minimum atomic E-state index is -0.715. The van der Waals surface area contributed by atoms with Gasteiger partial charge in [0.1, 0.15) is 0 Å². The highest BCUT2D eigenvalue weighted by molar-refractivity contribution is 6.30. The molecular weight excluding hydrogens is 448 g/mol. The number of halogens is 1. The van der Waals surface area contributed by atoms with Crippen LogP contribution in [0.4, 0.5) is 0 Å². The van der Waals surface area contributed by atoms with E-state index in [1.54, 1.807) is 20.8 Å². The van der Waals surface area contributed by atoms with Crippen molar-refractivity contribution in [2.75, 3.05) is 0 Å². The van der Waals surface area contributed by atoms with E-state index < -0.39 is 17.3 Å². The van der Waals surface area contributed by atoms with Crippen molar-refractivity contribution in [2.24, 2.45) is 35.0 Å². The van der Waals surface area contributed by atoms with E-state index in [0.29, 0.717) is 5.02 Å². The molecule has 1 aliphatic heterocycles. The van der Waals surface area contributed by atoms with Gasteiger partial charge in [-0.3, -0.25) is 19.8 Å². The monoisotopic (exact) mass is 474 g/mol. The van der Waals surface area contributed by atoms with Crippen LogP contribution in [0.1, 0.15) is 44.2 Å². The van der Waals surface area contributed by atoms with Crippen molar-refractivity contribution in [2.45, 2.75) is 33.1 Å². The average molecular weight is 475 g/mol. The highest BCUT2D eigenvalue weighted by atomic mass is 35.5. The van der Waals surface area contributed by atoms with Gasteiger partial charge in [0.15, 0.2) is 0 Å². The predicted octanol–water partition coefficient (Wildman–Crippen LogP) is 4.42. The largest absolute Gasteiger partial charge is 0.273 e. The molecule has 2 bridgehead atoms. The lowest BCUT2D eigenvalue weighted by molar-refractivity contribution is -0.152. The number of nitrogens with one attached hydrogen (secondary N) is 1. The van der Waals surface area contributed by atoms with Gasteiger partial charge in [-0.2, -0.15) is 5.01 Å². The van der Waals surface area contributed by atoms with Crippen molar-refractivity contribution in [3.05, 3.63) is 70.7 Å². The second-order valence-corrected chi connectivity index (χ2v) is 11.0. The fourth-order valence-corrected chi connectivity index (χ4v) is 6.02. The van der Waals surface area contributed by atoms with E-state index in [0.717, 1.165) is 22.6 Å². The van der Waals surface area contributed by atoms with Crippen LogP contribution in [0.25, 0.3) is 0 Å². The number of hydrogen-bond acceptors (Lipinski definition) is 3. The van der Waals surface area contributed by atoms with Gasteiger partial charge in [-0.1, -0.05) is 74.5 Å². The first-order valence-electron chi connectivity index (χ1n) is 11.7. The molecule has 0 radical (unpaired) electrons. The zero-order chi connectivity index (χ0) is 24.2. The van der Waals surface area contributed by atoms with Gasteiger partial charge in [0, 0.05) is 27.8 Å². The Kier molecular flexibility index (Phi) is 5.53. The highest BCUT2D eigenvalue weighted by Gasteiger charge is 2.67. The zero-order valence-corrected chi connectivity index (χ0v) is 20.2. The second kappa shape index (κ2) is 8.29. The Morgan fingerprint density at radius 2 is 1.56 bits per heavy atom. The summed E-state index contributed by atoms with van der Waals surface area (Å²) < 4.78 is 0. The third-order valence-corrected chi connectivity index (χ3v) is 7.73. The summed E-state index contributed by atoms with van der Waals surface area (Å²) in [7, 11) is 0. The Bertz CT molecular complexity index is 1210. The molecule has 2 aromatic rings. The molecule has 0 spiro atoms. The summed E-state index contributed by atoms with van der Waals surface area (Å²) in [5.41, 5.74) is 3.88. The molecule has 3 amide bonds. The number of imide groups is 1. The lowest BCUT2D eigenvalue weighted by atomic mass is 9.67. The van der Waals surface area contributed by atoms with E-state index >= 15 is 0 Å². The number of carbonyl (C=O) groups is 3. The lowest BCUT2D eigenvalue weighted by Crippen LogP contribution is -2.50. The number of fused-ring (bicyclic) bond motifs is 5. The maximum Gasteiger partial charge on any atom is 0.252 e. The number of carbonyl (C=O) groups excluding carboxylic acids is 3. The van der Waals surface area contributed by atoms with E-state index in [2.05, 4.69) is 17.3 Å². The van der Waals surface area contributed by atoms with Crippen LogP contribution < -0.4 is 5.43 Å². The van der Waals surface area contributed by atoms with E-state index in [1.807, 2.05) is 54.6 Å². The minimum absolute atomic E-state index is 0.0146. The van der Waals surface area contributed by atoms with Gasteiger partial charge in [-0.15, -0.1) is 0 Å². The van der Waals surface area contributed by atoms with Crippen LogP contribution >= 0.6 is 11.6 Å². The van der Waals surface area contributed by atoms with Crippen LogP contribution in [0.3, 0.4) is 0 Å². The van der Waals surface area contributed by atoms with Crippen molar-refractivity contribution in [1.29, 1.82) is 0 Å². The van der Waals surface area contributed by atoms with Gasteiger partial charge in [-0.25, -0.2) is 0 Å². The van der Waals surface area contributed by atoms with Crippen LogP contribution in [0.15, 0.2) is 54.6 Å². The van der Waals surface area contributed by atoms with E-state index in [9.17, 15) is 14.4 Å². The zero-order valence-electron chi connectivity index (χ0n) is 19.4. The van der Waals surface area contributed by atoms with E-state index in [1.165, 1.54) is 0 Å². The molecule has 2 aromatic carbocycles. The number of benzene rings is 2. The maximum atomic E-state index is 13.4. The smallest absolute Gasteiger partial charge is 0.252 e. The first kappa shape index (κ1) is 22.7. The Labute approximate surface area is 204 Å². The molecule has 1 saturated heterocycles. The predicted molar refractivity (Wildman–Crippen MR) is 129 cm³/mol. The summed E-state index contributed by atoms with van der Waals surface area (Å²) in [4.78, 5) is 39.3. The summed E-state index contributed by atoms with van der Waals surface area (Å²) in [6, 6.07) is 17.5. The fourth-order valence-electron chi connectivity index (χ4n) is 5.90. The molecule has 1 N–H and O–H groups in total. The van der Waals surface area contributed by atoms with Crippen LogP contribution in [0.5, 0.6) is 0 Å². The molecule has 0 aromatic heterocycles. The molecule has 34 heavy (non-hydrogen) atoms. The van der Waals surface area contributed by atoms with Crippen molar-refractivity contribution in [1.82, 2.24) is 10.4 Å². The fraction of sp³-hybridized carbons (Fsp3) is 0.393. The van der Waals surface area contributed by atoms with Crippen LogP contribution in [-0.4, -0.2) is 22.7 Å². The molecule has 6 atom stereocenters. The maximum absolute atomic E-state index is 13.4. The second-order valence-electron chi connectivity index (χ2n) is 10.6. The van der Waals surface area contributed by atoms with Gasteiger partial charge in [0.2, 0.25) is 5.91 Å². The summed E-state index contributed by atoms with van der Waals surface area (Å²) in [6.45, 7) is 5.26. The number of nitrogens with zero attached hydrogens (tertiary/aromatic N) is 1. The molecule has 2 aliphatic carbocycles. The Morgan fingerprint density at radius 1 is 0.941 bits per heavy atom. The normalized spacial score (nSPS) is 29.6. The molecular formula is C28H27ClN2O3. The third kappa shape index (κ3) is 3.71. The van der Waals surface area contributed by atoms with Gasteiger partial charge in [0.25, 0.3) is 11.8 Å². The number of amides is 3. The number of rotatable bonds is 2. The lowest BCUT2D eigenvalue weighted by Gasteiger charge is -2.33. The first-order chi connectivity index (χ1) is 16.2. The number of hydrazine groups is 1. The van der Waals surface area contributed by atoms with Gasteiger partial charge < -0.3 is 0 Å². The Morgan fingerprint density at radius 3 is 2.18 bits per heavy atom. The van der Waals surface area contributed by atoms with Crippen LogP contribution in [0.2, 0.25) is 5.02 Å². The third-order valence-electron chi connectivity index (χ3n) is 7.48. The topological polar surface area (TPSA) is 66.5 Å². The molecule has 6 heteroatoms. The van der Waals surface area contributed by atoms with Gasteiger partial charge >= 0.3 is 0 Å². The average Bonchev–Trinajstić information content (AvgIpc) is 3.44. The van der Waals surface area contributed by atoms with Crippen LogP contribution in [0, 0.1) is 46.8 Å². The SMILES string of the molecule is CC(C)(C)C(=O)NN1C(=O)[C@@H]2[C@H]3C[C@H]([C@H](C#Cc4ccccc4)[C@@H]3c3ccc(Cl)cc3)[C@@H]2C1=O. The molecule has 3 aliphatic rings. The van der Waals surface area contributed by atoms with Crippen molar-refractivity contribution in [3.63, 3.8) is 0 Å². The standard InChI is InChI=1S/C28H27ClN2O3/c1-28(2,3)27(34)30-31-25(32)23-20-15-21(24(23)26(31)33)22(17-10-12-18(29)13-11-17)19(20)14-9-16-7-5-4-6-8-16/h4-8,10-13,19-24H,15H2,1-3H3,(H,30,34)/t19-,20+,21-,22-,23-,24+/m0/s1. The molecule has 174 valence electrons. The molecule has 5 nitrogen and oxygen atoms in total. The number of hydrogen-bond donors (Lipinski definition) is 1. The van der Waals surface area contributed by atoms with Crippen molar-refractivity contribution < 1.29 is 14.4 Å². The van der Waals surface area contributed by atoms with E-state index in [-0.39, 0.29) is 41.4 Å². The molecule has 1 heterocycles. The van der Waals surface area contributed by atoms with Gasteiger partial charge in [0.05, 0.1) is 11.8 Å². The molecule has 5 rings (SSSR count). The van der Waals surface area contributed by atoms with Gasteiger partial charge in [-0.05, 0) is 48.1 Å². The Hall–Kier alpha value is -3.10. The highest BCUT2D eigenvalue weighted by Crippen LogP contribution is 2.64. The summed E-state index contributed by atoms with van der Waals surface area (Å²) in [5.74, 6) is 4.83. The molecule has 3 fully saturated rings. The quantitative estimate of drug-likeness (QED) is 0.517. The summed E-state index contributed by atoms with van der Waals surface area (Å²) >= 11 is 6.14. The summed E-state index contributed by atoms with van der Waals surface area (Å²) in [5, 5.41) is 1.63. The van der Waals surface area contributed by atoms with Crippen molar-refractivity contribution in [3.8, 4) is 11.8 Å². The summed E-state index contributed by atoms with van der Waals surface area (Å²) in [6.07, 6.45) is 0.773. The molecule has 2 saturated carbocycles. The first-order valence-corrected chi connectivity index (χ1v) is 12.1. The Balaban J connectivity index is 1.51. The van der Waals surface area contributed by atoms with Crippen LogP contribution in [-0.2, 0) is 14.4 Å².